The van der Waals surface area contributed by atoms with Gasteiger partial charge in [-0.3, -0.25) is 4.79 Å². The van der Waals surface area contributed by atoms with Crippen molar-refractivity contribution in [1.82, 2.24) is 0 Å². The number of esters is 1. The Balaban J connectivity index is 1.52. The first-order valence-electron chi connectivity index (χ1n) is 10.1. The van der Waals surface area contributed by atoms with Crippen LogP contribution in [0.25, 0.3) is 6.08 Å². The molecule has 0 saturated heterocycles. The number of ether oxygens (including phenoxy) is 1. The van der Waals surface area contributed by atoms with Crippen molar-refractivity contribution < 1.29 is 9.53 Å². The molecule has 2 rings (SSSR count). The highest BCUT2D eigenvalue weighted by molar-refractivity contribution is 5.72. The first-order chi connectivity index (χ1) is 13.8. The van der Waals surface area contributed by atoms with Crippen LogP contribution in [0.15, 0.2) is 72.8 Å². The summed E-state index contributed by atoms with van der Waals surface area (Å²) in [6.07, 6.45) is 13.6. The lowest BCUT2D eigenvalue weighted by atomic mass is 10.1. The van der Waals surface area contributed by atoms with Crippen molar-refractivity contribution in [3.63, 3.8) is 0 Å². The van der Waals surface area contributed by atoms with E-state index in [-0.39, 0.29) is 5.97 Å². The lowest BCUT2D eigenvalue weighted by Crippen LogP contribution is -2.07. The Labute approximate surface area is 169 Å². The Morgan fingerprint density at radius 3 is 2.50 bits per heavy atom. The maximum Gasteiger partial charge on any atom is 0.310 e. The van der Waals surface area contributed by atoms with Crippen LogP contribution in [0.3, 0.4) is 0 Å². The van der Waals surface area contributed by atoms with Crippen LogP contribution in [-0.2, 0) is 16.0 Å². The molecule has 0 bridgehead atoms. The van der Waals surface area contributed by atoms with Gasteiger partial charge in [0.2, 0.25) is 0 Å². The number of carbonyl (C=O) groups excluding carboxylic acids is 1. The number of hydrogen-bond donors (Lipinski definition) is 1. The van der Waals surface area contributed by atoms with Gasteiger partial charge in [-0.25, -0.2) is 0 Å². The minimum absolute atomic E-state index is 0.173. The first kappa shape index (κ1) is 21.5. The number of anilines is 1. The summed E-state index contributed by atoms with van der Waals surface area (Å²) in [7, 11) is 0. The predicted octanol–water partition coefficient (Wildman–Crippen LogP) is 6.03. The molecule has 0 atom stereocenters. The molecule has 0 aromatic heterocycles. The molecule has 0 aliphatic carbocycles. The molecular formula is C25H31NO2. The normalized spacial score (nSPS) is 11.2. The molecule has 148 valence electrons. The first-order valence-corrected chi connectivity index (χ1v) is 10.1. The Morgan fingerprint density at radius 2 is 1.75 bits per heavy atom. The van der Waals surface area contributed by atoms with Gasteiger partial charge in [0.1, 0.15) is 0 Å². The molecule has 0 heterocycles. The van der Waals surface area contributed by atoms with Gasteiger partial charge in [0.15, 0.2) is 0 Å². The minimum Gasteiger partial charge on any atom is -0.466 e. The molecule has 0 aliphatic rings. The second kappa shape index (κ2) is 13.4. The number of allylic oxidation sites excluding steroid dienone is 3. The number of benzene rings is 2. The number of nitrogens with one attached hydrogen (secondary N) is 1. The van der Waals surface area contributed by atoms with Crippen molar-refractivity contribution in [3.8, 4) is 0 Å². The van der Waals surface area contributed by atoms with Gasteiger partial charge in [0.05, 0.1) is 13.0 Å². The van der Waals surface area contributed by atoms with Gasteiger partial charge >= 0.3 is 5.97 Å². The lowest BCUT2D eigenvalue weighted by Gasteiger charge is -2.07. The summed E-state index contributed by atoms with van der Waals surface area (Å²) in [4.78, 5) is 11.5. The minimum atomic E-state index is -0.173. The molecule has 3 heteroatoms. The fourth-order valence-electron chi connectivity index (χ4n) is 2.82. The third-order valence-electron chi connectivity index (χ3n) is 4.32. The Kier molecular flexibility index (Phi) is 10.3. The van der Waals surface area contributed by atoms with Crippen molar-refractivity contribution in [2.75, 3.05) is 18.5 Å². The average molecular weight is 378 g/mol. The zero-order valence-electron chi connectivity index (χ0n) is 16.8. The molecule has 0 amide bonds. The number of hydrogen-bond acceptors (Lipinski definition) is 3. The second-order valence-corrected chi connectivity index (χ2v) is 6.65. The van der Waals surface area contributed by atoms with E-state index in [2.05, 4.69) is 53.9 Å². The Morgan fingerprint density at radius 1 is 0.964 bits per heavy atom. The second-order valence-electron chi connectivity index (χ2n) is 6.65. The van der Waals surface area contributed by atoms with Crippen LogP contribution < -0.4 is 5.32 Å². The van der Waals surface area contributed by atoms with E-state index in [1.54, 1.807) is 0 Å². The van der Waals surface area contributed by atoms with Crippen LogP contribution in [0.4, 0.5) is 5.69 Å². The summed E-state index contributed by atoms with van der Waals surface area (Å²) in [6, 6.07) is 18.3. The SMILES string of the molecule is CCOC(=O)Cc1ccc(NCCCCC/C=C/C=C/c2ccccc2)cc1. The molecule has 2 aromatic carbocycles. The highest BCUT2D eigenvalue weighted by atomic mass is 16.5. The van der Waals surface area contributed by atoms with Crippen molar-refractivity contribution in [3.05, 3.63) is 84.0 Å². The molecule has 0 fully saturated rings. The van der Waals surface area contributed by atoms with Crippen LogP contribution in [0.2, 0.25) is 0 Å². The summed E-state index contributed by atoms with van der Waals surface area (Å²) in [5.74, 6) is -0.173. The van der Waals surface area contributed by atoms with E-state index in [0.717, 1.165) is 30.6 Å². The highest BCUT2D eigenvalue weighted by Gasteiger charge is 2.03. The lowest BCUT2D eigenvalue weighted by molar-refractivity contribution is -0.142. The molecule has 28 heavy (non-hydrogen) atoms. The number of rotatable bonds is 12. The summed E-state index contributed by atoms with van der Waals surface area (Å²) in [6.45, 7) is 3.22. The van der Waals surface area contributed by atoms with Gasteiger partial charge in [0.25, 0.3) is 0 Å². The van der Waals surface area contributed by atoms with Crippen molar-refractivity contribution in [1.29, 1.82) is 0 Å². The third-order valence-corrected chi connectivity index (χ3v) is 4.32. The van der Waals surface area contributed by atoms with E-state index in [1.165, 1.54) is 18.4 Å². The Hall–Kier alpha value is -2.81. The molecule has 3 nitrogen and oxygen atoms in total. The van der Waals surface area contributed by atoms with Crippen molar-refractivity contribution in [2.24, 2.45) is 0 Å². The topological polar surface area (TPSA) is 38.3 Å². The van der Waals surface area contributed by atoms with Gasteiger partial charge < -0.3 is 10.1 Å². The van der Waals surface area contributed by atoms with Crippen molar-refractivity contribution in [2.45, 2.75) is 39.0 Å². The van der Waals surface area contributed by atoms with Crippen molar-refractivity contribution >= 4 is 17.7 Å². The highest BCUT2D eigenvalue weighted by Crippen LogP contribution is 2.11. The number of carbonyl (C=O) groups is 1. The Bertz CT molecular complexity index is 733. The van der Waals surface area contributed by atoms with E-state index in [9.17, 15) is 4.79 Å². The molecule has 1 N–H and O–H groups in total. The van der Waals surface area contributed by atoms with E-state index in [0.29, 0.717) is 13.0 Å². The van der Waals surface area contributed by atoms with E-state index in [1.807, 2.05) is 37.3 Å². The maximum absolute atomic E-state index is 11.5. The molecule has 0 aliphatic heterocycles. The summed E-state index contributed by atoms with van der Waals surface area (Å²) in [5.41, 5.74) is 3.31. The molecule has 0 unspecified atom stereocenters. The molecule has 0 saturated carbocycles. The van der Waals surface area contributed by atoms with Gasteiger partial charge in [-0.1, -0.05) is 73.2 Å². The maximum atomic E-state index is 11.5. The standard InChI is InChI=1S/C25H31NO2/c1-2-28-25(27)21-23-16-18-24(19-17-23)26-20-12-7-5-3-4-6-9-13-22-14-10-8-11-15-22/h4,6,8-11,13-19,26H,2-3,5,7,12,20-21H2,1H3/b6-4+,13-9+. The van der Waals surface area contributed by atoms with Gasteiger partial charge in [0, 0.05) is 12.2 Å². The van der Waals surface area contributed by atoms with Crippen LogP contribution in [0.5, 0.6) is 0 Å². The van der Waals surface area contributed by atoms with Crippen LogP contribution in [0, 0.1) is 0 Å². The monoisotopic (exact) mass is 377 g/mol. The molecule has 0 spiro atoms. The van der Waals surface area contributed by atoms with E-state index >= 15 is 0 Å². The fraction of sp³-hybridized carbons (Fsp3) is 0.320. The van der Waals surface area contributed by atoms with Crippen LogP contribution in [0.1, 0.15) is 43.7 Å². The molecule has 0 radical (unpaired) electrons. The zero-order valence-corrected chi connectivity index (χ0v) is 16.8. The van der Waals surface area contributed by atoms with Gasteiger partial charge in [-0.05, 0) is 49.4 Å². The average Bonchev–Trinajstić information content (AvgIpc) is 2.71. The smallest absolute Gasteiger partial charge is 0.310 e. The summed E-state index contributed by atoms with van der Waals surface area (Å²) >= 11 is 0. The van der Waals surface area contributed by atoms with Crippen LogP contribution in [-0.4, -0.2) is 19.1 Å². The summed E-state index contributed by atoms with van der Waals surface area (Å²) < 4.78 is 4.97. The molecule has 2 aromatic rings. The van der Waals surface area contributed by atoms with Gasteiger partial charge in [-0.2, -0.15) is 0 Å². The molecular weight excluding hydrogens is 346 g/mol. The zero-order chi connectivity index (χ0) is 19.9. The third kappa shape index (κ3) is 9.22. The largest absolute Gasteiger partial charge is 0.466 e. The number of unbranched alkanes of at least 4 members (excludes halogenated alkanes) is 3. The fourth-order valence-corrected chi connectivity index (χ4v) is 2.82. The van der Waals surface area contributed by atoms with Gasteiger partial charge in [-0.15, -0.1) is 0 Å². The summed E-state index contributed by atoms with van der Waals surface area (Å²) in [5, 5.41) is 3.43. The van der Waals surface area contributed by atoms with E-state index in [4.69, 9.17) is 4.74 Å². The van der Waals surface area contributed by atoms with Crippen LogP contribution >= 0.6 is 0 Å². The van der Waals surface area contributed by atoms with E-state index < -0.39 is 0 Å². The quantitative estimate of drug-likeness (QED) is 0.279. The predicted molar refractivity (Wildman–Crippen MR) is 118 cm³/mol.